The maximum atomic E-state index is 12.3. The number of benzene rings is 2. The minimum absolute atomic E-state index is 0.0875. The van der Waals surface area contributed by atoms with Gasteiger partial charge in [-0.05, 0) is 59.3 Å². The Morgan fingerprint density at radius 1 is 1.12 bits per heavy atom. The third-order valence-corrected chi connectivity index (χ3v) is 5.39. The molecule has 1 N–H and O–H groups in total. The standard InChI is InChI=1S/C17H19BrN2O5S/c1-4-25-13-6-8-14(9-7-13)26(21,22)20-19-11-12-5-10-15(23-2)17(24-3)16(12)18/h5-11,20H,4H2,1-3H3/b19-11+. The molecule has 0 heterocycles. The van der Waals surface area contributed by atoms with Gasteiger partial charge in [0.05, 0.1) is 36.4 Å². The summed E-state index contributed by atoms with van der Waals surface area (Å²) in [6, 6.07) is 9.51. The predicted octanol–water partition coefficient (Wildman–Crippen LogP) is 3.18. The number of ether oxygens (including phenoxy) is 3. The predicted molar refractivity (Wildman–Crippen MR) is 103 cm³/mol. The van der Waals surface area contributed by atoms with Gasteiger partial charge in [0.25, 0.3) is 10.0 Å². The Morgan fingerprint density at radius 2 is 1.81 bits per heavy atom. The number of sulfonamides is 1. The number of halogens is 1. The van der Waals surface area contributed by atoms with Crippen molar-refractivity contribution in [3.05, 3.63) is 46.4 Å². The molecule has 0 saturated heterocycles. The topological polar surface area (TPSA) is 86.2 Å². The first-order chi connectivity index (χ1) is 12.4. The van der Waals surface area contributed by atoms with Gasteiger partial charge in [0, 0.05) is 5.56 Å². The zero-order valence-electron chi connectivity index (χ0n) is 14.5. The van der Waals surface area contributed by atoms with Crippen molar-refractivity contribution in [2.24, 2.45) is 5.10 Å². The average molecular weight is 443 g/mol. The van der Waals surface area contributed by atoms with Crippen LogP contribution in [0.3, 0.4) is 0 Å². The molecule has 0 aliphatic heterocycles. The number of nitrogens with zero attached hydrogens (tertiary/aromatic N) is 1. The second kappa shape index (κ2) is 8.91. The first-order valence-corrected chi connectivity index (χ1v) is 9.88. The van der Waals surface area contributed by atoms with Crippen LogP contribution in [0.4, 0.5) is 0 Å². The number of hydrazone groups is 1. The number of hydrogen-bond donors (Lipinski definition) is 1. The lowest BCUT2D eigenvalue weighted by molar-refractivity contribution is 0.340. The first kappa shape index (κ1) is 20.1. The van der Waals surface area contributed by atoms with E-state index in [0.29, 0.717) is 33.9 Å². The summed E-state index contributed by atoms with van der Waals surface area (Å²) >= 11 is 3.39. The van der Waals surface area contributed by atoms with E-state index < -0.39 is 10.0 Å². The maximum Gasteiger partial charge on any atom is 0.276 e. The van der Waals surface area contributed by atoms with E-state index >= 15 is 0 Å². The zero-order valence-corrected chi connectivity index (χ0v) is 16.9. The van der Waals surface area contributed by atoms with E-state index in [-0.39, 0.29) is 4.90 Å². The SMILES string of the molecule is CCOc1ccc(S(=O)(=O)N/N=C/c2ccc(OC)c(OC)c2Br)cc1. The van der Waals surface area contributed by atoms with Gasteiger partial charge in [-0.25, -0.2) is 4.83 Å². The molecular weight excluding hydrogens is 424 g/mol. The van der Waals surface area contributed by atoms with Crippen LogP contribution in [0.2, 0.25) is 0 Å². The summed E-state index contributed by atoms with van der Waals surface area (Å²) in [5, 5.41) is 3.82. The highest BCUT2D eigenvalue weighted by atomic mass is 79.9. The maximum absolute atomic E-state index is 12.3. The van der Waals surface area contributed by atoms with Crippen LogP contribution < -0.4 is 19.0 Å². The smallest absolute Gasteiger partial charge is 0.276 e. The molecule has 2 aromatic carbocycles. The molecule has 2 aromatic rings. The summed E-state index contributed by atoms with van der Waals surface area (Å²) in [7, 11) is -0.735. The molecule has 140 valence electrons. The van der Waals surface area contributed by atoms with Crippen molar-refractivity contribution < 1.29 is 22.6 Å². The Bertz CT molecular complexity index is 883. The molecule has 2 rings (SSSR count). The number of rotatable bonds is 8. The van der Waals surface area contributed by atoms with E-state index in [2.05, 4.69) is 25.9 Å². The van der Waals surface area contributed by atoms with E-state index in [4.69, 9.17) is 14.2 Å². The average Bonchev–Trinajstić information content (AvgIpc) is 2.63. The largest absolute Gasteiger partial charge is 0.494 e. The molecule has 0 amide bonds. The van der Waals surface area contributed by atoms with Crippen molar-refractivity contribution in [1.82, 2.24) is 4.83 Å². The monoisotopic (exact) mass is 442 g/mol. The zero-order chi connectivity index (χ0) is 19.2. The summed E-state index contributed by atoms with van der Waals surface area (Å²) < 4.78 is 40.9. The van der Waals surface area contributed by atoms with Crippen LogP contribution >= 0.6 is 15.9 Å². The van der Waals surface area contributed by atoms with Gasteiger partial charge >= 0.3 is 0 Å². The van der Waals surface area contributed by atoms with Crippen molar-refractivity contribution in [2.75, 3.05) is 20.8 Å². The molecule has 0 fully saturated rings. The molecule has 0 aliphatic rings. The highest BCUT2D eigenvalue weighted by Gasteiger charge is 2.14. The molecule has 7 nitrogen and oxygen atoms in total. The first-order valence-electron chi connectivity index (χ1n) is 7.61. The van der Waals surface area contributed by atoms with Gasteiger partial charge in [-0.15, -0.1) is 0 Å². The summed E-state index contributed by atoms with van der Waals surface area (Å²) in [4.78, 5) is 2.26. The molecule has 0 spiro atoms. The van der Waals surface area contributed by atoms with E-state index in [1.54, 1.807) is 24.3 Å². The lowest BCUT2D eigenvalue weighted by Crippen LogP contribution is -2.18. The highest BCUT2D eigenvalue weighted by molar-refractivity contribution is 9.10. The number of methoxy groups -OCH3 is 2. The van der Waals surface area contributed by atoms with Gasteiger partial charge < -0.3 is 14.2 Å². The van der Waals surface area contributed by atoms with Gasteiger partial charge in [0.15, 0.2) is 11.5 Å². The van der Waals surface area contributed by atoms with Crippen molar-refractivity contribution >= 4 is 32.2 Å². The van der Waals surface area contributed by atoms with Crippen LogP contribution in [0, 0.1) is 0 Å². The van der Waals surface area contributed by atoms with Gasteiger partial charge in [-0.2, -0.15) is 13.5 Å². The molecule has 0 unspecified atom stereocenters. The van der Waals surface area contributed by atoms with Gasteiger partial charge in [-0.1, -0.05) is 0 Å². The minimum Gasteiger partial charge on any atom is -0.494 e. The Balaban J connectivity index is 2.16. The Morgan fingerprint density at radius 3 is 2.38 bits per heavy atom. The van der Waals surface area contributed by atoms with Gasteiger partial charge in [-0.3, -0.25) is 0 Å². The Hall–Kier alpha value is -2.26. The molecule has 0 aliphatic carbocycles. The van der Waals surface area contributed by atoms with E-state index in [1.165, 1.54) is 32.6 Å². The van der Waals surface area contributed by atoms with Crippen LogP contribution in [0.25, 0.3) is 0 Å². The third-order valence-electron chi connectivity index (χ3n) is 3.34. The van der Waals surface area contributed by atoms with Crippen LogP contribution in [-0.4, -0.2) is 35.5 Å². The molecule has 0 bridgehead atoms. The number of nitrogens with one attached hydrogen (secondary N) is 1. The molecule has 26 heavy (non-hydrogen) atoms. The van der Waals surface area contributed by atoms with Gasteiger partial charge in [0.1, 0.15) is 5.75 Å². The second-order valence-corrected chi connectivity index (χ2v) is 7.42. The van der Waals surface area contributed by atoms with Crippen LogP contribution in [-0.2, 0) is 10.0 Å². The minimum atomic E-state index is -3.78. The molecule has 9 heteroatoms. The lowest BCUT2D eigenvalue weighted by atomic mass is 10.2. The molecule has 0 atom stereocenters. The van der Waals surface area contributed by atoms with Crippen LogP contribution in [0.1, 0.15) is 12.5 Å². The molecule has 0 aromatic heterocycles. The normalized spacial score (nSPS) is 11.4. The van der Waals surface area contributed by atoms with Crippen LogP contribution in [0.15, 0.2) is 50.9 Å². The van der Waals surface area contributed by atoms with E-state index in [1.807, 2.05) is 6.92 Å². The second-order valence-electron chi connectivity index (χ2n) is 4.96. The Kier molecular flexibility index (Phi) is 6.87. The Labute approximate surface area is 161 Å². The highest BCUT2D eigenvalue weighted by Crippen LogP contribution is 2.36. The summed E-state index contributed by atoms with van der Waals surface area (Å²) in [5.74, 6) is 1.64. The van der Waals surface area contributed by atoms with Crippen molar-refractivity contribution in [2.45, 2.75) is 11.8 Å². The molecular formula is C17H19BrN2O5S. The fourth-order valence-corrected chi connectivity index (χ4v) is 3.49. The van der Waals surface area contributed by atoms with Crippen molar-refractivity contribution in [3.63, 3.8) is 0 Å². The quantitative estimate of drug-likeness (QED) is 0.501. The summed E-state index contributed by atoms with van der Waals surface area (Å²) in [5.41, 5.74) is 0.622. The fraction of sp³-hybridized carbons (Fsp3) is 0.235. The van der Waals surface area contributed by atoms with E-state index in [0.717, 1.165) is 0 Å². The number of hydrogen-bond acceptors (Lipinski definition) is 6. The summed E-state index contributed by atoms with van der Waals surface area (Å²) in [6.07, 6.45) is 1.37. The molecule has 0 saturated carbocycles. The molecule has 0 radical (unpaired) electrons. The van der Waals surface area contributed by atoms with Gasteiger partial charge in [0.2, 0.25) is 0 Å². The third kappa shape index (κ3) is 4.67. The summed E-state index contributed by atoms with van der Waals surface area (Å²) in [6.45, 7) is 2.36. The van der Waals surface area contributed by atoms with Crippen molar-refractivity contribution in [3.8, 4) is 17.2 Å². The fourth-order valence-electron chi connectivity index (χ4n) is 2.10. The lowest BCUT2D eigenvalue weighted by Gasteiger charge is -2.11. The van der Waals surface area contributed by atoms with E-state index in [9.17, 15) is 8.42 Å². The van der Waals surface area contributed by atoms with Crippen molar-refractivity contribution in [1.29, 1.82) is 0 Å². The van der Waals surface area contributed by atoms with Crippen LogP contribution in [0.5, 0.6) is 17.2 Å².